The summed E-state index contributed by atoms with van der Waals surface area (Å²) in [6.07, 6.45) is 6.59. The van der Waals surface area contributed by atoms with Crippen LogP contribution < -0.4 is 5.32 Å². The quantitative estimate of drug-likeness (QED) is 0.691. The van der Waals surface area contributed by atoms with Crippen LogP contribution in [-0.2, 0) is 6.42 Å². The van der Waals surface area contributed by atoms with Gasteiger partial charge in [-0.1, -0.05) is 36.6 Å². The lowest BCUT2D eigenvalue weighted by atomic mass is 10.00. The molecule has 0 aromatic heterocycles. The van der Waals surface area contributed by atoms with Gasteiger partial charge in [0.05, 0.1) is 0 Å². The maximum absolute atomic E-state index is 3.19. The molecule has 0 radical (unpaired) electrons. The monoisotopic (exact) mass is 219 g/mol. The molecular formula is C15H25N. The van der Waals surface area contributed by atoms with E-state index in [2.05, 4.69) is 37.4 Å². The van der Waals surface area contributed by atoms with Crippen LogP contribution in [0.5, 0.6) is 0 Å². The second-order valence-corrected chi connectivity index (χ2v) is 4.70. The van der Waals surface area contributed by atoms with Crippen LogP contribution >= 0.6 is 0 Å². The van der Waals surface area contributed by atoms with Crippen LogP contribution in [0.25, 0.3) is 0 Å². The molecular weight excluding hydrogens is 194 g/mol. The highest BCUT2D eigenvalue weighted by molar-refractivity contribution is 5.30. The Labute approximate surface area is 100 Å². The minimum atomic E-state index is 1.16. The molecule has 0 amide bonds. The van der Waals surface area contributed by atoms with E-state index in [0.717, 1.165) is 6.54 Å². The second kappa shape index (κ2) is 7.45. The largest absolute Gasteiger partial charge is 0.320 e. The van der Waals surface area contributed by atoms with Gasteiger partial charge in [-0.25, -0.2) is 0 Å². The van der Waals surface area contributed by atoms with Crippen molar-refractivity contribution >= 4 is 0 Å². The predicted molar refractivity (Wildman–Crippen MR) is 72.0 cm³/mol. The number of benzene rings is 1. The SMILES string of the molecule is CNCCCCCCc1cc(C)ccc1C. The first kappa shape index (κ1) is 13.2. The summed E-state index contributed by atoms with van der Waals surface area (Å²) in [5, 5.41) is 3.19. The van der Waals surface area contributed by atoms with Gasteiger partial charge in [-0.2, -0.15) is 0 Å². The van der Waals surface area contributed by atoms with Gasteiger partial charge >= 0.3 is 0 Å². The smallest absolute Gasteiger partial charge is 0.00519 e. The van der Waals surface area contributed by atoms with Crippen molar-refractivity contribution in [3.63, 3.8) is 0 Å². The minimum absolute atomic E-state index is 1.16. The maximum Gasteiger partial charge on any atom is -0.00519 e. The van der Waals surface area contributed by atoms with Gasteiger partial charge in [0.25, 0.3) is 0 Å². The Balaban J connectivity index is 2.23. The number of unbranched alkanes of at least 4 members (excludes halogenated alkanes) is 3. The molecule has 0 bridgehead atoms. The van der Waals surface area contributed by atoms with E-state index in [9.17, 15) is 0 Å². The number of rotatable bonds is 7. The second-order valence-electron chi connectivity index (χ2n) is 4.70. The molecule has 0 heterocycles. The lowest BCUT2D eigenvalue weighted by Gasteiger charge is -2.07. The Morgan fingerprint density at radius 1 is 1.00 bits per heavy atom. The van der Waals surface area contributed by atoms with Gasteiger partial charge < -0.3 is 5.32 Å². The molecule has 90 valence electrons. The Hall–Kier alpha value is -0.820. The molecule has 0 spiro atoms. The van der Waals surface area contributed by atoms with Crippen molar-refractivity contribution in [3.05, 3.63) is 34.9 Å². The van der Waals surface area contributed by atoms with Crippen LogP contribution in [0.15, 0.2) is 18.2 Å². The fourth-order valence-electron chi connectivity index (χ4n) is 2.04. The highest BCUT2D eigenvalue weighted by Gasteiger charge is 1.98. The van der Waals surface area contributed by atoms with Crippen LogP contribution in [0, 0.1) is 13.8 Å². The van der Waals surface area contributed by atoms with E-state index >= 15 is 0 Å². The summed E-state index contributed by atoms with van der Waals surface area (Å²) < 4.78 is 0. The van der Waals surface area contributed by atoms with Crippen molar-refractivity contribution in [2.75, 3.05) is 13.6 Å². The van der Waals surface area contributed by atoms with Crippen molar-refractivity contribution in [1.29, 1.82) is 0 Å². The molecule has 1 nitrogen and oxygen atoms in total. The first-order valence-electron chi connectivity index (χ1n) is 6.45. The van der Waals surface area contributed by atoms with Gasteiger partial charge in [-0.15, -0.1) is 0 Å². The molecule has 1 rings (SSSR count). The van der Waals surface area contributed by atoms with Crippen LogP contribution in [0.3, 0.4) is 0 Å². The molecule has 1 heteroatoms. The van der Waals surface area contributed by atoms with Gasteiger partial charge in [0.1, 0.15) is 0 Å². The fourth-order valence-corrected chi connectivity index (χ4v) is 2.04. The Morgan fingerprint density at radius 2 is 1.75 bits per heavy atom. The molecule has 0 aliphatic rings. The van der Waals surface area contributed by atoms with Crippen molar-refractivity contribution in [2.24, 2.45) is 0 Å². The summed E-state index contributed by atoms with van der Waals surface area (Å²) in [7, 11) is 2.02. The number of hydrogen-bond donors (Lipinski definition) is 1. The maximum atomic E-state index is 3.19. The normalized spacial score (nSPS) is 10.7. The first-order chi connectivity index (χ1) is 7.74. The van der Waals surface area contributed by atoms with Crippen LogP contribution in [0.2, 0.25) is 0 Å². The van der Waals surface area contributed by atoms with Crippen molar-refractivity contribution in [1.82, 2.24) is 5.32 Å². The minimum Gasteiger partial charge on any atom is -0.320 e. The van der Waals surface area contributed by atoms with Crippen molar-refractivity contribution < 1.29 is 0 Å². The van der Waals surface area contributed by atoms with Crippen LogP contribution in [0.4, 0.5) is 0 Å². The molecule has 1 N–H and O–H groups in total. The highest BCUT2D eigenvalue weighted by atomic mass is 14.8. The predicted octanol–water partition coefficient (Wildman–Crippen LogP) is 3.63. The van der Waals surface area contributed by atoms with Gasteiger partial charge in [-0.3, -0.25) is 0 Å². The molecule has 0 aliphatic carbocycles. The first-order valence-corrected chi connectivity index (χ1v) is 6.45. The number of aryl methyl sites for hydroxylation is 3. The molecule has 1 aromatic carbocycles. The van der Waals surface area contributed by atoms with E-state index in [-0.39, 0.29) is 0 Å². The average molecular weight is 219 g/mol. The highest BCUT2D eigenvalue weighted by Crippen LogP contribution is 2.14. The summed E-state index contributed by atoms with van der Waals surface area (Å²) >= 11 is 0. The summed E-state index contributed by atoms with van der Waals surface area (Å²) in [5.41, 5.74) is 4.37. The fraction of sp³-hybridized carbons (Fsp3) is 0.600. The topological polar surface area (TPSA) is 12.0 Å². The van der Waals surface area contributed by atoms with E-state index in [1.54, 1.807) is 0 Å². The number of hydrogen-bond acceptors (Lipinski definition) is 1. The van der Waals surface area contributed by atoms with Gasteiger partial charge in [0, 0.05) is 0 Å². The lowest BCUT2D eigenvalue weighted by molar-refractivity contribution is 0.616. The third-order valence-corrected chi connectivity index (χ3v) is 3.13. The van der Waals surface area contributed by atoms with Gasteiger partial charge in [0.15, 0.2) is 0 Å². The zero-order valence-electron chi connectivity index (χ0n) is 11.0. The van der Waals surface area contributed by atoms with Crippen LogP contribution in [-0.4, -0.2) is 13.6 Å². The molecule has 0 saturated heterocycles. The summed E-state index contributed by atoms with van der Waals surface area (Å²) in [4.78, 5) is 0. The van der Waals surface area contributed by atoms with Crippen molar-refractivity contribution in [2.45, 2.75) is 46.0 Å². The molecule has 0 saturated carbocycles. The lowest BCUT2D eigenvalue weighted by Crippen LogP contribution is -2.06. The summed E-state index contributed by atoms with van der Waals surface area (Å²) in [5.74, 6) is 0. The molecule has 0 atom stereocenters. The average Bonchev–Trinajstić information content (AvgIpc) is 2.28. The van der Waals surface area contributed by atoms with Gasteiger partial charge in [-0.05, 0) is 57.8 Å². The Bertz CT molecular complexity index is 304. The van der Waals surface area contributed by atoms with E-state index in [1.807, 2.05) is 7.05 Å². The van der Waals surface area contributed by atoms with Crippen LogP contribution in [0.1, 0.15) is 42.4 Å². The third-order valence-electron chi connectivity index (χ3n) is 3.13. The van der Waals surface area contributed by atoms with E-state index in [0.29, 0.717) is 0 Å². The standard InChI is InChI=1S/C15H25N/c1-13-9-10-14(2)15(12-13)8-6-4-5-7-11-16-3/h9-10,12,16H,4-8,11H2,1-3H3. The third kappa shape index (κ3) is 4.80. The molecule has 0 aliphatic heterocycles. The molecule has 0 fully saturated rings. The van der Waals surface area contributed by atoms with E-state index in [1.165, 1.54) is 48.8 Å². The van der Waals surface area contributed by atoms with Gasteiger partial charge in [0.2, 0.25) is 0 Å². The Kier molecular flexibility index (Phi) is 6.17. The van der Waals surface area contributed by atoms with Crippen molar-refractivity contribution in [3.8, 4) is 0 Å². The number of nitrogens with one attached hydrogen (secondary N) is 1. The summed E-state index contributed by atoms with van der Waals surface area (Å²) in [6.45, 7) is 5.55. The van der Waals surface area contributed by atoms with E-state index in [4.69, 9.17) is 0 Å². The molecule has 1 aromatic rings. The Morgan fingerprint density at radius 3 is 2.50 bits per heavy atom. The molecule has 16 heavy (non-hydrogen) atoms. The zero-order valence-corrected chi connectivity index (χ0v) is 11.0. The summed E-state index contributed by atoms with van der Waals surface area (Å²) in [6, 6.07) is 6.78. The van der Waals surface area contributed by atoms with E-state index < -0.39 is 0 Å². The zero-order chi connectivity index (χ0) is 11.8. The molecule has 0 unspecified atom stereocenters.